The van der Waals surface area contributed by atoms with Crippen LogP contribution in [0.1, 0.15) is 48.3 Å². The number of hydrogen-bond acceptors (Lipinski definition) is 0. The molecule has 0 unspecified atom stereocenters. The molecule has 0 N–H and O–H groups in total. The van der Waals surface area contributed by atoms with Gasteiger partial charge in [-0.2, -0.15) is 0 Å². The van der Waals surface area contributed by atoms with E-state index in [9.17, 15) is 13.2 Å². The van der Waals surface area contributed by atoms with E-state index >= 15 is 0 Å². The molecule has 2 aromatic carbocycles. The SMILES string of the molecule is Cc1ccc(C2CCC(/C=C/c3cccc(F)c3F)CC2)c(F)c1. The zero-order valence-corrected chi connectivity index (χ0v) is 13.7. The van der Waals surface area contributed by atoms with E-state index < -0.39 is 11.6 Å². The van der Waals surface area contributed by atoms with E-state index in [0.717, 1.165) is 42.9 Å². The molecule has 1 aliphatic carbocycles. The number of benzene rings is 2. The first-order valence-electron chi connectivity index (χ1n) is 8.43. The monoisotopic (exact) mass is 330 g/mol. The molecule has 1 saturated carbocycles. The molecule has 1 fully saturated rings. The van der Waals surface area contributed by atoms with Crippen LogP contribution in [0.4, 0.5) is 13.2 Å². The van der Waals surface area contributed by atoms with Gasteiger partial charge in [0, 0.05) is 5.56 Å². The van der Waals surface area contributed by atoms with Crippen molar-refractivity contribution in [2.75, 3.05) is 0 Å². The highest BCUT2D eigenvalue weighted by Gasteiger charge is 2.23. The smallest absolute Gasteiger partial charge is 0.166 e. The molecule has 0 amide bonds. The summed E-state index contributed by atoms with van der Waals surface area (Å²) >= 11 is 0. The van der Waals surface area contributed by atoms with Crippen molar-refractivity contribution in [2.24, 2.45) is 5.92 Å². The number of hydrogen-bond donors (Lipinski definition) is 0. The summed E-state index contributed by atoms with van der Waals surface area (Å²) in [7, 11) is 0. The van der Waals surface area contributed by atoms with Gasteiger partial charge in [-0.25, -0.2) is 13.2 Å². The lowest BCUT2D eigenvalue weighted by Gasteiger charge is -2.27. The molecule has 0 aliphatic heterocycles. The topological polar surface area (TPSA) is 0 Å². The van der Waals surface area contributed by atoms with Gasteiger partial charge in [-0.3, -0.25) is 0 Å². The highest BCUT2D eigenvalue weighted by Crippen LogP contribution is 2.37. The molecule has 0 heterocycles. The lowest BCUT2D eigenvalue weighted by molar-refractivity contribution is 0.369. The molecule has 0 atom stereocenters. The van der Waals surface area contributed by atoms with Crippen LogP contribution in [0, 0.1) is 30.3 Å². The van der Waals surface area contributed by atoms with Gasteiger partial charge in [0.2, 0.25) is 0 Å². The maximum absolute atomic E-state index is 14.1. The third-order valence-electron chi connectivity index (χ3n) is 4.90. The van der Waals surface area contributed by atoms with Crippen LogP contribution < -0.4 is 0 Å². The first-order valence-corrected chi connectivity index (χ1v) is 8.43. The summed E-state index contributed by atoms with van der Waals surface area (Å²) < 4.78 is 40.9. The first kappa shape index (κ1) is 16.8. The van der Waals surface area contributed by atoms with Gasteiger partial charge in [-0.1, -0.05) is 36.4 Å². The fourth-order valence-corrected chi connectivity index (χ4v) is 3.47. The van der Waals surface area contributed by atoms with Gasteiger partial charge in [-0.05, 0) is 67.7 Å². The molecule has 2 aromatic rings. The Morgan fingerprint density at radius 1 is 0.917 bits per heavy atom. The lowest BCUT2D eigenvalue weighted by Crippen LogP contribution is -2.13. The predicted octanol–water partition coefficient (Wildman–Crippen LogP) is 6.40. The Morgan fingerprint density at radius 2 is 1.67 bits per heavy atom. The molecule has 3 rings (SSSR count). The van der Waals surface area contributed by atoms with Crippen LogP contribution in [0.3, 0.4) is 0 Å². The lowest BCUT2D eigenvalue weighted by atomic mass is 9.78. The van der Waals surface area contributed by atoms with Crippen molar-refractivity contribution in [1.29, 1.82) is 0 Å². The van der Waals surface area contributed by atoms with Crippen LogP contribution in [0.15, 0.2) is 42.5 Å². The fraction of sp³-hybridized carbons (Fsp3) is 0.333. The Bertz CT molecular complexity index is 741. The van der Waals surface area contributed by atoms with E-state index in [1.165, 1.54) is 6.07 Å². The number of halogens is 3. The normalized spacial score (nSPS) is 21.3. The summed E-state index contributed by atoms with van der Waals surface area (Å²) in [6, 6.07) is 9.64. The Morgan fingerprint density at radius 3 is 2.38 bits per heavy atom. The van der Waals surface area contributed by atoms with E-state index in [1.807, 2.05) is 25.1 Å². The molecule has 0 spiro atoms. The van der Waals surface area contributed by atoms with Gasteiger partial charge in [0.1, 0.15) is 5.82 Å². The molecule has 3 heteroatoms. The van der Waals surface area contributed by atoms with E-state index in [4.69, 9.17) is 0 Å². The van der Waals surface area contributed by atoms with Gasteiger partial charge in [0.05, 0.1) is 0 Å². The average molecular weight is 330 g/mol. The zero-order valence-electron chi connectivity index (χ0n) is 13.7. The first-order chi connectivity index (χ1) is 11.5. The number of aryl methyl sites for hydroxylation is 1. The average Bonchev–Trinajstić information content (AvgIpc) is 2.57. The molecule has 0 nitrogen and oxygen atoms in total. The summed E-state index contributed by atoms with van der Waals surface area (Å²) in [5, 5.41) is 0. The summed E-state index contributed by atoms with van der Waals surface area (Å²) in [4.78, 5) is 0. The van der Waals surface area contributed by atoms with Gasteiger partial charge >= 0.3 is 0 Å². The standard InChI is InChI=1S/C21H21F3/c1-14-5-12-18(20(23)13-14)16-9-6-15(7-10-16)8-11-17-3-2-4-19(22)21(17)24/h2-5,8,11-13,15-16H,6-7,9-10H2,1H3/b11-8+. The van der Waals surface area contributed by atoms with Crippen molar-refractivity contribution < 1.29 is 13.2 Å². The maximum Gasteiger partial charge on any atom is 0.166 e. The van der Waals surface area contributed by atoms with Crippen LogP contribution >= 0.6 is 0 Å². The fourth-order valence-electron chi connectivity index (χ4n) is 3.47. The van der Waals surface area contributed by atoms with Crippen molar-refractivity contribution in [2.45, 2.75) is 38.5 Å². The third kappa shape index (κ3) is 3.72. The van der Waals surface area contributed by atoms with E-state index in [-0.39, 0.29) is 17.3 Å². The van der Waals surface area contributed by atoms with E-state index in [0.29, 0.717) is 5.92 Å². The minimum Gasteiger partial charge on any atom is -0.207 e. The van der Waals surface area contributed by atoms with Crippen molar-refractivity contribution in [1.82, 2.24) is 0 Å². The Hall–Kier alpha value is -2.03. The van der Waals surface area contributed by atoms with Crippen LogP contribution in [0.25, 0.3) is 6.08 Å². The summed E-state index contributed by atoms with van der Waals surface area (Å²) in [6.45, 7) is 1.89. The molecule has 0 bridgehead atoms. The second kappa shape index (κ2) is 7.25. The maximum atomic E-state index is 14.1. The second-order valence-electron chi connectivity index (χ2n) is 6.64. The van der Waals surface area contributed by atoms with Gasteiger partial charge in [-0.15, -0.1) is 0 Å². The van der Waals surface area contributed by atoms with Crippen LogP contribution in [0.5, 0.6) is 0 Å². The Labute approximate surface area is 141 Å². The van der Waals surface area contributed by atoms with Gasteiger partial charge in [0.15, 0.2) is 11.6 Å². The van der Waals surface area contributed by atoms with Crippen LogP contribution in [-0.4, -0.2) is 0 Å². The molecular formula is C21H21F3. The van der Waals surface area contributed by atoms with Crippen molar-refractivity contribution in [3.05, 3.63) is 76.6 Å². The van der Waals surface area contributed by atoms with Crippen LogP contribution in [0.2, 0.25) is 0 Å². The molecular weight excluding hydrogens is 309 g/mol. The quantitative estimate of drug-likeness (QED) is 0.611. The van der Waals surface area contributed by atoms with Crippen LogP contribution in [-0.2, 0) is 0 Å². The predicted molar refractivity (Wildman–Crippen MR) is 91.2 cm³/mol. The minimum absolute atomic E-state index is 0.115. The minimum atomic E-state index is -0.823. The molecule has 1 aliphatic rings. The van der Waals surface area contributed by atoms with E-state index in [1.54, 1.807) is 18.2 Å². The second-order valence-corrected chi connectivity index (χ2v) is 6.64. The molecule has 126 valence electrons. The van der Waals surface area contributed by atoms with Gasteiger partial charge < -0.3 is 0 Å². The molecule has 24 heavy (non-hydrogen) atoms. The number of allylic oxidation sites excluding steroid dienone is 1. The summed E-state index contributed by atoms with van der Waals surface area (Å²) in [5.41, 5.74) is 2.02. The third-order valence-corrected chi connectivity index (χ3v) is 4.90. The Kier molecular flexibility index (Phi) is 5.08. The molecule has 0 saturated heterocycles. The van der Waals surface area contributed by atoms with Crippen molar-refractivity contribution in [3.63, 3.8) is 0 Å². The van der Waals surface area contributed by atoms with E-state index in [2.05, 4.69) is 0 Å². The summed E-state index contributed by atoms with van der Waals surface area (Å²) in [5.74, 6) is -1.16. The molecule has 0 radical (unpaired) electrons. The Balaban J connectivity index is 1.63. The van der Waals surface area contributed by atoms with Crippen molar-refractivity contribution >= 4 is 6.08 Å². The van der Waals surface area contributed by atoms with Crippen molar-refractivity contribution in [3.8, 4) is 0 Å². The zero-order chi connectivity index (χ0) is 17.1. The van der Waals surface area contributed by atoms with Gasteiger partial charge in [0.25, 0.3) is 0 Å². The highest BCUT2D eigenvalue weighted by atomic mass is 19.2. The largest absolute Gasteiger partial charge is 0.207 e. The summed E-state index contributed by atoms with van der Waals surface area (Å²) in [6.07, 6.45) is 7.33. The molecule has 0 aromatic heterocycles. The number of rotatable bonds is 3. The highest BCUT2D eigenvalue weighted by molar-refractivity contribution is 5.50.